The Morgan fingerprint density at radius 2 is 2.00 bits per heavy atom. The summed E-state index contributed by atoms with van der Waals surface area (Å²) < 4.78 is 6.13. The standard InChI is InChI=1S/C26H28N6O/c1-16-30-22-11-18(13-27-24(22)31-16)17-4-5-23-19(10-17)14-32(8-9-33-23)25-20-12-26(2,3)7-6-21(20)28-15-29-25/h4-5,10-11,13,15H,6-9,12,14H2,1-3H3,(H,27,30,31). The van der Waals surface area contributed by atoms with Crippen molar-refractivity contribution in [3.63, 3.8) is 0 Å². The van der Waals surface area contributed by atoms with E-state index in [4.69, 9.17) is 9.72 Å². The first-order valence-corrected chi connectivity index (χ1v) is 11.6. The maximum Gasteiger partial charge on any atom is 0.177 e. The molecule has 2 aliphatic rings. The molecule has 0 fully saturated rings. The number of fused-ring (bicyclic) bond motifs is 3. The Labute approximate surface area is 193 Å². The van der Waals surface area contributed by atoms with Crippen LogP contribution in [0.3, 0.4) is 0 Å². The number of aromatic amines is 1. The predicted molar refractivity (Wildman–Crippen MR) is 128 cm³/mol. The number of imidazole rings is 1. The molecule has 7 heteroatoms. The fourth-order valence-electron chi connectivity index (χ4n) is 5.06. The Morgan fingerprint density at radius 3 is 2.91 bits per heavy atom. The average Bonchev–Trinajstić information content (AvgIpc) is 3.04. The normalized spacial score (nSPS) is 17.2. The van der Waals surface area contributed by atoms with Crippen molar-refractivity contribution in [2.45, 2.75) is 46.6 Å². The molecule has 1 aromatic carbocycles. The maximum atomic E-state index is 6.13. The molecule has 33 heavy (non-hydrogen) atoms. The van der Waals surface area contributed by atoms with Crippen LogP contribution in [0.4, 0.5) is 5.82 Å². The lowest BCUT2D eigenvalue weighted by atomic mass is 9.76. The van der Waals surface area contributed by atoms with Crippen LogP contribution in [0.2, 0.25) is 0 Å². The van der Waals surface area contributed by atoms with Crippen molar-refractivity contribution in [3.05, 3.63) is 59.4 Å². The molecule has 0 saturated carbocycles. The van der Waals surface area contributed by atoms with Gasteiger partial charge in [0, 0.05) is 35.1 Å². The van der Waals surface area contributed by atoms with Gasteiger partial charge in [0.05, 0.1) is 12.1 Å². The highest BCUT2D eigenvalue weighted by atomic mass is 16.5. The van der Waals surface area contributed by atoms with Crippen molar-refractivity contribution in [3.8, 4) is 16.9 Å². The number of aromatic nitrogens is 5. The molecule has 1 aliphatic carbocycles. The minimum absolute atomic E-state index is 0.274. The molecule has 1 N–H and O–H groups in total. The summed E-state index contributed by atoms with van der Waals surface area (Å²) in [5.74, 6) is 2.87. The Morgan fingerprint density at radius 1 is 1.09 bits per heavy atom. The molecule has 7 nitrogen and oxygen atoms in total. The summed E-state index contributed by atoms with van der Waals surface area (Å²) >= 11 is 0. The molecule has 1 aliphatic heterocycles. The highest BCUT2D eigenvalue weighted by Gasteiger charge is 2.30. The van der Waals surface area contributed by atoms with Gasteiger partial charge in [-0.1, -0.05) is 19.9 Å². The molecule has 0 radical (unpaired) electrons. The fourth-order valence-corrected chi connectivity index (χ4v) is 5.06. The third kappa shape index (κ3) is 3.71. The van der Waals surface area contributed by atoms with E-state index in [1.165, 1.54) is 17.7 Å². The number of H-pyrrole nitrogens is 1. The molecule has 0 saturated heterocycles. The molecule has 168 valence electrons. The van der Waals surface area contributed by atoms with E-state index in [1.807, 2.05) is 13.1 Å². The van der Waals surface area contributed by atoms with E-state index in [-0.39, 0.29) is 5.41 Å². The van der Waals surface area contributed by atoms with Gasteiger partial charge in [-0.25, -0.2) is 19.9 Å². The van der Waals surface area contributed by atoms with Crippen LogP contribution in [-0.2, 0) is 19.4 Å². The third-order valence-corrected chi connectivity index (χ3v) is 6.83. The third-order valence-electron chi connectivity index (χ3n) is 6.83. The highest BCUT2D eigenvalue weighted by Crippen LogP contribution is 2.38. The maximum absolute atomic E-state index is 6.13. The summed E-state index contributed by atoms with van der Waals surface area (Å²) in [4.78, 5) is 23.9. The SMILES string of the molecule is Cc1nc2ncc(-c3ccc4c(c3)CN(c3ncnc5c3CC(C)(C)CC5)CCO4)cc2[nH]1. The van der Waals surface area contributed by atoms with Gasteiger partial charge in [0.2, 0.25) is 0 Å². The zero-order chi connectivity index (χ0) is 22.6. The van der Waals surface area contributed by atoms with Crippen molar-refractivity contribution in [1.82, 2.24) is 24.9 Å². The van der Waals surface area contributed by atoms with Crippen LogP contribution >= 0.6 is 0 Å². The summed E-state index contributed by atoms with van der Waals surface area (Å²) in [7, 11) is 0. The zero-order valence-corrected chi connectivity index (χ0v) is 19.4. The van der Waals surface area contributed by atoms with Gasteiger partial charge in [-0.2, -0.15) is 0 Å². The van der Waals surface area contributed by atoms with Gasteiger partial charge < -0.3 is 14.6 Å². The van der Waals surface area contributed by atoms with Crippen molar-refractivity contribution in [2.75, 3.05) is 18.1 Å². The molecule has 0 unspecified atom stereocenters. The number of pyridine rings is 1. The summed E-state index contributed by atoms with van der Waals surface area (Å²) in [6.45, 7) is 8.82. The van der Waals surface area contributed by atoms with Crippen LogP contribution < -0.4 is 9.64 Å². The van der Waals surface area contributed by atoms with Crippen molar-refractivity contribution >= 4 is 17.0 Å². The van der Waals surface area contributed by atoms with Crippen LogP contribution in [0.5, 0.6) is 5.75 Å². The molecule has 0 bridgehead atoms. The van der Waals surface area contributed by atoms with Crippen LogP contribution in [0.15, 0.2) is 36.8 Å². The number of nitrogens with zero attached hydrogens (tertiary/aromatic N) is 5. The lowest BCUT2D eigenvalue weighted by Gasteiger charge is -2.33. The average molecular weight is 441 g/mol. The zero-order valence-electron chi connectivity index (χ0n) is 19.4. The van der Waals surface area contributed by atoms with Crippen molar-refractivity contribution < 1.29 is 4.74 Å². The van der Waals surface area contributed by atoms with Crippen molar-refractivity contribution in [1.29, 1.82) is 0 Å². The second kappa shape index (κ2) is 7.54. The Kier molecular flexibility index (Phi) is 4.60. The second-order valence-corrected chi connectivity index (χ2v) is 9.97. The summed E-state index contributed by atoms with van der Waals surface area (Å²) in [6.07, 6.45) is 6.81. The van der Waals surface area contributed by atoms with Gasteiger partial charge in [0.25, 0.3) is 0 Å². The summed E-state index contributed by atoms with van der Waals surface area (Å²) in [6, 6.07) is 8.52. The largest absolute Gasteiger partial charge is 0.491 e. The quantitative estimate of drug-likeness (QED) is 0.489. The monoisotopic (exact) mass is 440 g/mol. The van der Waals surface area contributed by atoms with Crippen LogP contribution in [0, 0.1) is 12.3 Å². The topological polar surface area (TPSA) is 79.8 Å². The number of aryl methyl sites for hydroxylation is 2. The second-order valence-electron chi connectivity index (χ2n) is 9.97. The van der Waals surface area contributed by atoms with Gasteiger partial charge >= 0.3 is 0 Å². The molecular weight excluding hydrogens is 412 g/mol. The van der Waals surface area contributed by atoms with Crippen LogP contribution in [0.25, 0.3) is 22.3 Å². The molecule has 0 spiro atoms. The van der Waals surface area contributed by atoms with E-state index in [0.29, 0.717) is 6.61 Å². The first kappa shape index (κ1) is 20.1. The number of nitrogens with one attached hydrogen (secondary N) is 1. The smallest absolute Gasteiger partial charge is 0.177 e. The Bertz CT molecular complexity index is 1360. The van der Waals surface area contributed by atoms with E-state index in [9.17, 15) is 0 Å². The minimum atomic E-state index is 0.274. The van der Waals surface area contributed by atoms with E-state index < -0.39 is 0 Å². The van der Waals surface area contributed by atoms with E-state index in [0.717, 1.165) is 71.2 Å². The first-order valence-electron chi connectivity index (χ1n) is 11.6. The Balaban J connectivity index is 1.36. The van der Waals surface area contributed by atoms with Gasteiger partial charge in [-0.05, 0) is 55.4 Å². The predicted octanol–water partition coefficient (Wildman–Crippen LogP) is 4.64. The van der Waals surface area contributed by atoms with Gasteiger partial charge in [0.1, 0.15) is 30.3 Å². The van der Waals surface area contributed by atoms with Crippen molar-refractivity contribution in [2.24, 2.45) is 5.41 Å². The number of rotatable bonds is 2. The van der Waals surface area contributed by atoms with Gasteiger partial charge in [-0.15, -0.1) is 0 Å². The summed E-state index contributed by atoms with van der Waals surface area (Å²) in [5.41, 5.74) is 7.82. The molecule has 0 amide bonds. The van der Waals surface area contributed by atoms with Crippen LogP contribution in [0.1, 0.15) is 42.9 Å². The number of ether oxygens (including phenoxy) is 1. The lowest BCUT2D eigenvalue weighted by molar-refractivity contribution is 0.310. The van der Waals surface area contributed by atoms with E-state index in [1.54, 1.807) is 6.33 Å². The molecular formula is C26H28N6O. The molecule has 0 atom stereocenters. The first-order chi connectivity index (χ1) is 15.9. The molecule has 4 aromatic rings. The van der Waals surface area contributed by atoms with E-state index >= 15 is 0 Å². The molecule has 6 rings (SSSR count). The number of hydrogen-bond acceptors (Lipinski definition) is 6. The lowest BCUT2D eigenvalue weighted by Crippen LogP contribution is -2.31. The van der Waals surface area contributed by atoms with Gasteiger partial charge in [0.15, 0.2) is 5.65 Å². The summed E-state index contributed by atoms with van der Waals surface area (Å²) in [5, 5.41) is 0. The molecule has 4 heterocycles. The number of benzene rings is 1. The van der Waals surface area contributed by atoms with E-state index in [2.05, 4.69) is 62.9 Å². The minimum Gasteiger partial charge on any atom is -0.491 e. The number of hydrogen-bond donors (Lipinski definition) is 1. The highest BCUT2D eigenvalue weighted by molar-refractivity contribution is 5.78. The van der Waals surface area contributed by atoms with Crippen LogP contribution in [-0.4, -0.2) is 38.1 Å². The number of anilines is 1. The molecule has 3 aromatic heterocycles. The Hall–Kier alpha value is -3.48. The van der Waals surface area contributed by atoms with Gasteiger partial charge in [-0.3, -0.25) is 0 Å². The fraction of sp³-hybridized carbons (Fsp3) is 0.385.